The zero-order valence-electron chi connectivity index (χ0n) is 19.0. The van der Waals surface area contributed by atoms with Gasteiger partial charge in [0, 0.05) is 36.5 Å². The van der Waals surface area contributed by atoms with Crippen molar-refractivity contribution >= 4 is 17.3 Å². The predicted octanol–water partition coefficient (Wildman–Crippen LogP) is 3.83. The molecule has 2 bridgehead atoms. The summed E-state index contributed by atoms with van der Waals surface area (Å²) in [6, 6.07) is 17.3. The number of rotatable bonds is 6. The van der Waals surface area contributed by atoms with E-state index in [1.54, 1.807) is 0 Å². The SMILES string of the molecule is CN1C[C@@H]2C[C@H]1CN2CC(=O)N(O)Cc1ccc(Nc2ccc(C(C)(C)C)cc2)cc1. The molecule has 2 aliphatic heterocycles. The van der Waals surface area contributed by atoms with Gasteiger partial charge in [0.25, 0.3) is 5.91 Å². The number of likely N-dealkylation sites (N-methyl/N-ethyl adjacent to an activating group) is 1. The van der Waals surface area contributed by atoms with Crippen molar-refractivity contribution in [2.24, 2.45) is 0 Å². The second kappa shape index (κ2) is 8.61. The zero-order valence-corrected chi connectivity index (χ0v) is 19.0. The van der Waals surface area contributed by atoms with Crippen LogP contribution in [0, 0.1) is 0 Å². The number of hydroxylamine groups is 2. The number of amides is 1. The third-order valence-electron chi connectivity index (χ3n) is 6.58. The smallest absolute Gasteiger partial charge is 0.260 e. The molecule has 0 radical (unpaired) electrons. The lowest BCUT2D eigenvalue weighted by Crippen LogP contribution is -2.48. The van der Waals surface area contributed by atoms with Crippen LogP contribution in [0.15, 0.2) is 48.5 Å². The van der Waals surface area contributed by atoms with Gasteiger partial charge in [0.2, 0.25) is 0 Å². The number of nitrogens with one attached hydrogen (secondary N) is 1. The monoisotopic (exact) mass is 422 g/mol. The van der Waals surface area contributed by atoms with Crippen LogP contribution >= 0.6 is 0 Å². The van der Waals surface area contributed by atoms with Crippen molar-refractivity contribution in [3.8, 4) is 0 Å². The van der Waals surface area contributed by atoms with Crippen LogP contribution in [-0.4, -0.2) is 64.7 Å². The molecule has 31 heavy (non-hydrogen) atoms. The van der Waals surface area contributed by atoms with E-state index in [1.165, 1.54) is 5.56 Å². The molecule has 6 heteroatoms. The highest BCUT2D eigenvalue weighted by molar-refractivity contribution is 5.77. The highest BCUT2D eigenvalue weighted by Crippen LogP contribution is 2.29. The first kappa shape index (κ1) is 21.8. The van der Waals surface area contributed by atoms with E-state index in [9.17, 15) is 10.0 Å². The van der Waals surface area contributed by atoms with E-state index in [1.807, 2.05) is 24.3 Å². The van der Waals surface area contributed by atoms with E-state index in [2.05, 4.69) is 67.2 Å². The summed E-state index contributed by atoms with van der Waals surface area (Å²) < 4.78 is 0. The molecule has 0 aromatic heterocycles. The van der Waals surface area contributed by atoms with Crippen molar-refractivity contribution in [2.75, 3.05) is 32.0 Å². The van der Waals surface area contributed by atoms with Crippen LogP contribution in [0.5, 0.6) is 0 Å². The topological polar surface area (TPSA) is 59.0 Å². The van der Waals surface area contributed by atoms with Crippen molar-refractivity contribution in [1.29, 1.82) is 0 Å². The van der Waals surface area contributed by atoms with Gasteiger partial charge in [-0.15, -0.1) is 0 Å². The quantitative estimate of drug-likeness (QED) is 0.547. The van der Waals surface area contributed by atoms with E-state index in [-0.39, 0.29) is 24.4 Å². The van der Waals surface area contributed by atoms with Gasteiger partial charge >= 0.3 is 0 Å². The minimum absolute atomic E-state index is 0.137. The highest BCUT2D eigenvalue weighted by atomic mass is 16.5. The molecular weight excluding hydrogens is 388 g/mol. The van der Waals surface area contributed by atoms with Gasteiger partial charge in [-0.2, -0.15) is 0 Å². The molecule has 4 rings (SSSR count). The summed E-state index contributed by atoms with van der Waals surface area (Å²) in [6.45, 7) is 9.02. The Hall–Kier alpha value is -2.41. The lowest BCUT2D eigenvalue weighted by Gasteiger charge is -2.32. The van der Waals surface area contributed by atoms with Gasteiger partial charge in [-0.3, -0.25) is 14.9 Å². The van der Waals surface area contributed by atoms with Crippen LogP contribution in [0.4, 0.5) is 11.4 Å². The number of hydrogen-bond donors (Lipinski definition) is 2. The molecule has 0 unspecified atom stereocenters. The average Bonchev–Trinajstić information content (AvgIpc) is 3.28. The van der Waals surface area contributed by atoms with E-state index in [4.69, 9.17) is 0 Å². The average molecular weight is 423 g/mol. The van der Waals surface area contributed by atoms with E-state index in [0.717, 1.165) is 41.5 Å². The van der Waals surface area contributed by atoms with E-state index in [0.29, 0.717) is 12.1 Å². The number of hydrogen-bond acceptors (Lipinski definition) is 5. The van der Waals surface area contributed by atoms with Crippen molar-refractivity contribution in [3.05, 3.63) is 59.7 Å². The summed E-state index contributed by atoms with van der Waals surface area (Å²) in [7, 11) is 2.14. The van der Waals surface area contributed by atoms with Gasteiger partial charge in [0.15, 0.2) is 0 Å². The summed E-state index contributed by atoms with van der Waals surface area (Å²) in [4.78, 5) is 17.0. The highest BCUT2D eigenvalue weighted by Gasteiger charge is 2.42. The first-order valence-corrected chi connectivity index (χ1v) is 11.1. The van der Waals surface area contributed by atoms with Crippen LogP contribution < -0.4 is 5.32 Å². The summed E-state index contributed by atoms with van der Waals surface area (Å²) in [5.74, 6) is -0.239. The second-order valence-corrected chi connectivity index (χ2v) is 10.0. The Morgan fingerprint density at radius 1 is 1.03 bits per heavy atom. The number of nitrogens with zero attached hydrogens (tertiary/aromatic N) is 3. The Bertz CT molecular complexity index is 903. The fraction of sp³-hybridized carbons (Fsp3) is 0.480. The lowest BCUT2D eigenvalue weighted by molar-refractivity contribution is -0.169. The third-order valence-corrected chi connectivity index (χ3v) is 6.58. The van der Waals surface area contributed by atoms with Gasteiger partial charge in [-0.25, -0.2) is 5.06 Å². The summed E-state index contributed by atoms with van der Waals surface area (Å²) >= 11 is 0. The number of anilines is 2. The number of carbonyl (C=O) groups excluding carboxylic acids is 1. The largest absolute Gasteiger partial charge is 0.356 e. The minimum atomic E-state index is -0.239. The maximum Gasteiger partial charge on any atom is 0.260 e. The fourth-order valence-corrected chi connectivity index (χ4v) is 4.57. The molecular formula is C25H34N4O2. The number of piperazine rings is 1. The molecule has 2 heterocycles. The number of fused-ring (bicyclic) bond motifs is 2. The molecule has 2 aromatic rings. The van der Waals surface area contributed by atoms with Crippen molar-refractivity contribution in [3.63, 3.8) is 0 Å². The normalized spacial score (nSPS) is 21.5. The van der Waals surface area contributed by atoms with Gasteiger partial charge in [0.1, 0.15) is 0 Å². The number of likely N-dealkylation sites (tertiary alicyclic amines) is 2. The van der Waals surface area contributed by atoms with E-state index >= 15 is 0 Å². The zero-order chi connectivity index (χ0) is 22.2. The molecule has 2 aliphatic rings. The molecule has 6 nitrogen and oxygen atoms in total. The van der Waals surface area contributed by atoms with Gasteiger partial charge in [0.05, 0.1) is 13.1 Å². The summed E-state index contributed by atoms with van der Waals surface area (Å²) in [5, 5.41) is 14.5. The Morgan fingerprint density at radius 3 is 2.16 bits per heavy atom. The molecule has 1 amide bonds. The van der Waals surface area contributed by atoms with Crippen molar-refractivity contribution < 1.29 is 10.0 Å². The molecule has 2 saturated heterocycles. The van der Waals surface area contributed by atoms with E-state index < -0.39 is 0 Å². The molecule has 2 aromatic carbocycles. The second-order valence-electron chi connectivity index (χ2n) is 10.0. The first-order chi connectivity index (χ1) is 14.7. The van der Waals surface area contributed by atoms with Crippen molar-refractivity contribution in [2.45, 2.75) is 51.2 Å². The minimum Gasteiger partial charge on any atom is -0.356 e. The van der Waals surface area contributed by atoms with Crippen LogP contribution in [-0.2, 0) is 16.8 Å². The maximum atomic E-state index is 12.5. The van der Waals surface area contributed by atoms with Gasteiger partial charge < -0.3 is 10.2 Å². The first-order valence-electron chi connectivity index (χ1n) is 11.1. The van der Waals surface area contributed by atoms with Crippen LogP contribution in [0.2, 0.25) is 0 Å². The molecule has 0 saturated carbocycles. The third kappa shape index (κ3) is 5.09. The Kier molecular flexibility index (Phi) is 6.06. The Labute approximate surface area is 185 Å². The lowest BCUT2D eigenvalue weighted by atomic mass is 9.87. The predicted molar refractivity (Wildman–Crippen MR) is 124 cm³/mol. The number of carbonyl (C=O) groups is 1. The van der Waals surface area contributed by atoms with Crippen molar-refractivity contribution in [1.82, 2.24) is 14.9 Å². The van der Waals surface area contributed by atoms with Crippen LogP contribution in [0.3, 0.4) is 0 Å². The molecule has 166 valence electrons. The van der Waals surface area contributed by atoms with Crippen LogP contribution in [0.25, 0.3) is 0 Å². The Balaban J connectivity index is 1.28. The maximum absolute atomic E-state index is 12.5. The summed E-state index contributed by atoms with van der Waals surface area (Å²) in [6.07, 6.45) is 1.13. The van der Waals surface area contributed by atoms with Gasteiger partial charge in [-0.1, -0.05) is 45.0 Å². The van der Waals surface area contributed by atoms with Gasteiger partial charge in [-0.05, 0) is 54.3 Å². The number of benzene rings is 2. The summed E-state index contributed by atoms with van der Waals surface area (Å²) in [5.41, 5.74) is 4.34. The molecule has 0 aliphatic carbocycles. The molecule has 2 atom stereocenters. The molecule has 2 fully saturated rings. The van der Waals surface area contributed by atoms with Crippen LogP contribution in [0.1, 0.15) is 38.3 Å². The fourth-order valence-electron chi connectivity index (χ4n) is 4.57. The molecule has 0 spiro atoms. The standard InChI is InChI=1S/C25H34N4O2/c1-25(2,3)19-7-11-21(12-8-19)26-20-9-5-18(6-10-20)14-29(31)24(30)17-28-16-22-13-23(28)15-27(22)4/h5-12,22-23,26,31H,13-17H2,1-4H3/t22-,23-/m0/s1. The molecule has 2 N–H and O–H groups in total. The Morgan fingerprint density at radius 2 is 1.65 bits per heavy atom.